The van der Waals surface area contributed by atoms with Gasteiger partial charge in [0, 0.05) is 37.5 Å². The molecule has 0 bridgehead atoms. The van der Waals surface area contributed by atoms with E-state index in [1.165, 1.54) is 13.2 Å². The van der Waals surface area contributed by atoms with E-state index in [0.29, 0.717) is 31.5 Å². The largest absolute Gasteiger partial charge is 0.444 e. The van der Waals surface area contributed by atoms with E-state index in [9.17, 15) is 18.0 Å². The number of rotatable bonds is 4. The number of benzene rings is 1. The number of ether oxygens (including phenoxy) is 1. The van der Waals surface area contributed by atoms with Crippen molar-refractivity contribution in [3.05, 3.63) is 29.8 Å². The maximum atomic E-state index is 12.5. The fourth-order valence-electron chi connectivity index (χ4n) is 3.64. The number of carbonyl (C=O) groups excluding carboxylic acids is 2. The zero-order valence-corrected chi connectivity index (χ0v) is 19.0. The number of sulfone groups is 1. The topological polar surface area (TPSA) is 84.0 Å². The molecule has 8 heteroatoms. The number of amides is 2. The minimum absolute atomic E-state index is 0.0323. The Morgan fingerprint density at radius 1 is 1.14 bits per heavy atom. The Morgan fingerprint density at radius 3 is 2.07 bits per heavy atom. The Morgan fingerprint density at radius 2 is 1.66 bits per heavy atom. The summed E-state index contributed by atoms with van der Waals surface area (Å²) in [5.74, 6) is -0.121. The highest BCUT2D eigenvalue weighted by atomic mass is 32.2. The average molecular weight is 425 g/mol. The molecule has 0 aromatic heterocycles. The Balaban J connectivity index is 2.15. The van der Waals surface area contributed by atoms with Crippen molar-refractivity contribution in [2.75, 3.05) is 24.2 Å². The SMILES string of the molecule is CC(=O)N(c1ccc(CS(C)(=O)=O)cc1)C1(C)CCN(C(=O)OC(C)(C)C)CC1. The fourth-order valence-corrected chi connectivity index (χ4v) is 4.44. The summed E-state index contributed by atoms with van der Waals surface area (Å²) in [6.45, 7) is 10.1. The fraction of sp³-hybridized carbons (Fsp3) is 0.619. The maximum absolute atomic E-state index is 12.5. The van der Waals surface area contributed by atoms with Crippen LogP contribution < -0.4 is 4.90 Å². The van der Waals surface area contributed by atoms with E-state index in [2.05, 4.69) is 0 Å². The molecule has 1 fully saturated rings. The minimum atomic E-state index is -3.12. The third-order valence-corrected chi connectivity index (χ3v) is 5.83. The third-order valence-electron chi connectivity index (χ3n) is 4.97. The first kappa shape index (κ1) is 23.2. The first-order valence-electron chi connectivity index (χ1n) is 9.76. The van der Waals surface area contributed by atoms with E-state index in [-0.39, 0.29) is 17.8 Å². The summed E-state index contributed by atoms with van der Waals surface area (Å²) < 4.78 is 28.4. The highest BCUT2D eigenvalue weighted by molar-refractivity contribution is 7.89. The van der Waals surface area contributed by atoms with Crippen LogP contribution in [0.2, 0.25) is 0 Å². The van der Waals surface area contributed by atoms with Crippen molar-refractivity contribution in [3.8, 4) is 0 Å². The Hall–Kier alpha value is -2.09. The van der Waals surface area contributed by atoms with Crippen LogP contribution in [0.4, 0.5) is 10.5 Å². The molecule has 2 rings (SSSR count). The molecule has 0 radical (unpaired) electrons. The molecule has 0 spiro atoms. The second-order valence-electron chi connectivity index (χ2n) is 9.06. The van der Waals surface area contributed by atoms with Crippen molar-refractivity contribution < 1.29 is 22.7 Å². The number of piperidine rings is 1. The van der Waals surface area contributed by atoms with Gasteiger partial charge in [-0.15, -0.1) is 0 Å². The lowest BCUT2D eigenvalue weighted by atomic mass is 9.87. The predicted molar refractivity (Wildman–Crippen MR) is 114 cm³/mol. The molecule has 7 nitrogen and oxygen atoms in total. The monoisotopic (exact) mass is 424 g/mol. The second kappa shape index (κ2) is 8.34. The Labute approximate surface area is 173 Å². The summed E-state index contributed by atoms with van der Waals surface area (Å²) >= 11 is 0. The molecule has 1 aromatic rings. The van der Waals surface area contributed by atoms with Crippen LogP contribution in [-0.4, -0.2) is 55.8 Å². The van der Waals surface area contributed by atoms with Crippen LogP contribution in [0.3, 0.4) is 0 Å². The van der Waals surface area contributed by atoms with E-state index in [1.807, 2.05) is 27.7 Å². The second-order valence-corrected chi connectivity index (χ2v) is 11.2. The molecule has 1 heterocycles. The molecule has 162 valence electrons. The quantitative estimate of drug-likeness (QED) is 0.740. The molecule has 0 aliphatic carbocycles. The van der Waals surface area contributed by atoms with Gasteiger partial charge in [0.05, 0.1) is 5.75 Å². The number of hydrogen-bond acceptors (Lipinski definition) is 5. The van der Waals surface area contributed by atoms with Crippen LogP contribution in [-0.2, 0) is 25.1 Å². The van der Waals surface area contributed by atoms with Crippen LogP contribution in [0.1, 0.15) is 53.0 Å². The van der Waals surface area contributed by atoms with Gasteiger partial charge in [-0.3, -0.25) is 4.79 Å². The van der Waals surface area contributed by atoms with Crippen LogP contribution in [0.25, 0.3) is 0 Å². The van der Waals surface area contributed by atoms with Crippen molar-refractivity contribution in [1.29, 1.82) is 0 Å². The van der Waals surface area contributed by atoms with Crippen molar-refractivity contribution in [1.82, 2.24) is 4.90 Å². The molecular weight excluding hydrogens is 392 g/mol. The van der Waals surface area contributed by atoms with E-state index in [1.54, 1.807) is 34.1 Å². The van der Waals surface area contributed by atoms with Gasteiger partial charge in [0.1, 0.15) is 5.60 Å². The molecule has 0 saturated carbocycles. The maximum Gasteiger partial charge on any atom is 0.410 e. The normalized spacial score (nSPS) is 17.0. The highest BCUT2D eigenvalue weighted by Crippen LogP contribution is 2.34. The zero-order chi connectivity index (χ0) is 22.0. The van der Waals surface area contributed by atoms with Gasteiger partial charge in [-0.25, -0.2) is 13.2 Å². The van der Waals surface area contributed by atoms with Gasteiger partial charge in [-0.1, -0.05) is 12.1 Å². The lowest BCUT2D eigenvalue weighted by Gasteiger charge is -2.46. The Bertz CT molecular complexity index is 848. The summed E-state index contributed by atoms with van der Waals surface area (Å²) in [5, 5.41) is 0. The van der Waals surface area contributed by atoms with Gasteiger partial charge in [0.2, 0.25) is 5.91 Å². The predicted octanol–water partition coefficient (Wildman–Crippen LogP) is 3.37. The molecular formula is C21H32N2O5S. The molecule has 1 aliphatic heterocycles. The van der Waals surface area contributed by atoms with Crippen LogP contribution in [0, 0.1) is 0 Å². The lowest BCUT2D eigenvalue weighted by molar-refractivity contribution is -0.118. The smallest absolute Gasteiger partial charge is 0.410 e. The molecule has 1 saturated heterocycles. The summed E-state index contributed by atoms with van der Waals surface area (Å²) in [5.41, 5.74) is 0.423. The van der Waals surface area contributed by atoms with Crippen molar-refractivity contribution in [2.45, 2.75) is 64.4 Å². The number of hydrogen-bond donors (Lipinski definition) is 0. The molecule has 0 unspecified atom stereocenters. The van der Waals surface area contributed by atoms with Crippen molar-refractivity contribution >= 4 is 27.5 Å². The van der Waals surface area contributed by atoms with E-state index in [0.717, 1.165) is 5.69 Å². The van der Waals surface area contributed by atoms with Gasteiger partial charge in [0.25, 0.3) is 0 Å². The number of carbonyl (C=O) groups is 2. The minimum Gasteiger partial charge on any atom is -0.444 e. The highest BCUT2D eigenvalue weighted by Gasteiger charge is 2.40. The van der Waals surface area contributed by atoms with Gasteiger partial charge >= 0.3 is 6.09 Å². The standard InChI is InChI=1S/C21H32N2O5S/c1-16(24)23(18-9-7-17(8-10-18)15-29(6,26)27)21(5)11-13-22(14-12-21)19(25)28-20(2,3)4/h7-10H,11-15H2,1-6H3. The first-order chi connectivity index (χ1) is 13.2. The van der Waals surface area contributed by atoms with Gasteiger partial charge in [-0.2, -0.15) is 0 Å². The molecule has 1 aliphatic rings. The number of nitrogens with zero attached hydrogens (tertiary/aromatic N) is 2. The van der Waals surface area contributed by atoms with E-state index < -0.39 is 21.0 Å². The first-order valence-corrected chi connectivity index (χ1v) is 11.8. The molecule has 29 heavy (non-hydrogen) atoms. The average Bonchev–Trinajstić information content (AvgIpc) is 2.53. The molecule has 0 atom stereocenters. The van der Waals surface area contributed by atoms with Gasteiger partial charge < -0.3 is 14.5 Å². The number of likely N-dealkylation sites (tertiary alicyclic amines) is 1. The summed E-state index contributed by atoms with van der Waals surface area (Å²) in [7, 11) is -3.12. The molecule has 1 aromatic carbocycles. The van der Waals surface area contributed by atoms with Crippen molar-refractivity contribution in [3.63, 3.8) is 0 Å². The van der Waals surface area contributed by atoms with Crippen molar-refractivity contribution in [2.24, 2.45) is 0 Å². The van der Waals surface area contributed by atoms with Crippen LogP contribution >= 0.6 is 0 Å². The third kappa shape index (κ3) is 6.45. The summed E-state index contributed by atoms with van der Waals surface area (Å²) in [6, 6.07) is 7.05. The lowest BCUT2D eigenvalue weighted by Crippen LogP contribution is -2.56. The van der Waals surface area contributed by atoms with E-state index >= 15 is 0 Å². The summed E-state index contributed by atoms with van der Waals surface area (Å²) in [4.78, 5) is 28.2. The molecule has 0 N–H and O–H groups in total. The zero-order valence-electron chi connectivity index (χ0n) is 18.2. The van der Waals surface area contributed by atoms with Crippen LogP contribution in [0.5, 0.6) is 0 Å². The van der Waals surface area contributed by atoms with Gasteiger partial charge in [0.15, 0.2) is 9.84 Å². The van der Waals surface area contributed by atoms with E-state index in [4.69, 9.17) is 4.74 Å². The van der Waals surface area contributed by atoms with Crippen LogP contribution in [0.15, 0.2) is 24.3 Å². The van der Waals surface area contributed by atoms with Gasteiger partial charge in [-0.05, 0) is 58.2 Å². The molecule has 2 amide bonds. The Kier molecular flexibility index (Phi) is 6.67. The number of anilines is 1. The summed E-state index contributed by atoms with van der Waals surface area (Å²) in [6.07, 6.45) is 2.11.